The molecule has 0 fully saturated rings. The van der Waals surface area contributed by atoms with Gasteiger partial charge in [0.15, 0.2) is 0 Å². The van der Waals surface area contributed by atoms with E-state index in [2.05, 4.69) is 0 Å². The number of hydrogen-bond acceptors (Lipinski definition) is 3. The van der Waals surface area contributed by atoms with Gasteiger partial charge in [-0.25, -0.2) is 0 Å². The van der Waals surface area contributed by atoms with Gasteiger partial charge >= 0.3 is 0 Å². The predicted octanol–water partition coefficient (Wildman–Crippen LogP) is 1.47. The molecule has 0 aliphatic rings. The molecule has 0 unspecified atom stereocenters. The molecular weight excluding hydrogens is 152 g/mol. The minimum absolute atomic E-state index is 0.605. The summed E-state index contributed by atoms with van der Waals surface area (Å²) in [7, 11) is 0. The van der Waals surface area contributed by atoms with E-state index in [1.165, 1.54) is 0 Å². The number of allylic oxidation sites excluding steroid dienone is 1. The van der Waals surface area contributed by atoms with Crippen LogP contribution in [0, 0.1) is 0 Å². The number of hydrogen-bond donors (Lipinski definition) is 3. The highest BCUT2D eigenvalue weighted by Crippen LogP contribution is 2.16. The molecule has 0 amide bonds. The van der Waals surface area contributed by atoms with Gasteiger partial charge in [-0.3, -0.25) is 0 Å². The lowest BCUT2D eigenvalue weighted by Gasteiger charge is -2.02. The Morgan fingerprint density at radius 1 is 1.33 bits per heavy atom. The third-order valence-electron chi connectivity index (χ3n) is 1.61. The summed E-state index contributed by atoms with van der Waals surface area (Å²) in [6.45, 7) is 0. The van der Waals surface area contributed by atoms with Crippen molar-refractivity contribution in [1.29, 1.82) is 0 Å². The Morgan fingerprint density at radius 3 is 2.75 bits per heavy atom. The van der Waals surface area contributed by atoms with Gasteiger partial charge < -0.3 is 16.6 Å². The molecule has 0 aliphatic heterocycles. The van der Waals surface area contributed by atoms with E-state index in [0.29, 0.717) is 17.8 Å². The zero-order valence-electron chi connectivity index (χ0n) is 6.70. The molecule has 0 atom stereocenters. The number of rotatable bonds is 2. The van der Waals surface area contributed by atoms with Crippen LogP contribution in [0.25, 0.3) is 0 Å². The van der Waals surface area contributed by atoms with E-state index in [9.17, 15) is 0 Å². The van der Waals surface area contributed by atoms with E-state index < -0.39 is 0 Å². The van der Waals surface area contributed by atoms with Crippen LogP contribution in [0.4, 0.5) is 11.4 Å². The molecule has 0 aromatic heterocycles. The Balaban J connectivity index is 2.89. The predicted molar refractivity (Wildman–Crippen MR) is 50.7 cm³/mol. The standard InChI is InChI=1S/C9H12N2O/c10-8-3-4-9(11)7(6-8)2-1-5-12/h1,3-6,12H,2,10-11H2. The number of nitrogens with two attached hydrogens (primary N) is 2. The van der Waals surface area contributed by atoms with Crippen molar-refractivity contribution in [1.82, 2.24) is 0 Å². The average Bonchev–Trinajstić information content (AvgIpc) is 2.07. The Labute approximate surface area is 71.3 Å². The van der Waals surface area contributed by atoms with Gasteiger partial charge in [-0.2, -0.15) is 0 Å². The molecule has 0 saturated heterocycles. The Kier molecular flexibility index (Phi) is 2.58. The largest absolute Gasteiger partial charge is 0.516 e. The quantitative estimate of drug-likeness (QED) is 0.457. The van der Waals surface area contributed by atoms with Crippen molar-refractivity contribution in [2.45, 2.75) is 6.42 Å². The van der Waals surface area contributed by atoms with E-state index >= 15 is 0 Å². The van der Waals surface area contributed by atoms with E-state index in [4.69, 9.17) is 16.6 Å². The van der Waals surface area contributed by atoms with Gasteiger partial charge in [0, 0.05) is 11.4 Å². The zero-order chi connectivity index (χ0) is 8.97. The highest BCUT2D eigenvalue weighted by molar-refractivity contribution is 5.55. The lowest BCUT2D eigenvalue weighted by molar-refractivity contribution is 0.471. The van der Waals surface area contributed by atoms with Crippen molar-refractivity contribution in [2.24, 2.45) is 0 Å². The minimum Gasteiger partial charge on any atom is -0.516 e. The molecule has 0 saturated carbocycles. The second-order valence-corrected chi connectivity index (χ2v) is 2.55. The van der Waals surface area contributed by atoms with Gasteiger partial charge in [-0.05, 0) is 36.3 Å². The summed E-state index contributed by atoms with van der Waals surface area (Å²) in [6.07, 6.45) is 3.22. The topological polar surface area (TPSA) is 72.3 Å². The third-order valence-corrected chi connectivity index (χ3v) is 1.61. The first kappa shape index (κ1) is 8.46. The second-order valence-electron chi connectivity index (χ2n) is 2.55. The molecule has 0 radical (unpaired) electrons. The minimum atomic E-state index is 0.605. The summed E-state index contributed by atoms with van der Waals surface area (Å²) in [6, 6.07) is 5.31. The average molecular weight is 164 g/mol. The lowest BCUT2D eigenvalue weighted by atomic mass is 10.1. The molecule has 0 heterocycles. The van der Waals surface area contributed by atoms with Crippen molar-refractivity contribution in [3.05, 3.63) is 36.1 Å². The van der Waals surface area contributed by atoms with Crippen LogP contribution < -0.4 is 11.5 Å². The van der Waals surface area contributed by atoms with Crippen LogP contribution in [-0.4, -0.2) is 5.11 Å². The van der Waals surface area contributed by atoms with Crippen LogP contribution in [0.3, 0.4) is 0 Å². The van der Waals surface area contributed by atoms with Crippen LogP contribution in [0.1, 0.15) is 5.56 Å². The molecule has 5 N–H and O–H groups in total. The molecule has 0 aliphatic carbocycles. The Morgan fingerprint density at radius 2 is 2.08 bits per heavy atom. The number of anilines is 2. The van der Waals surface area contributed by atoms with Crippen LogP contribution in [0.5, 0.6) is 0 Å². The van der Waals surface area contributed by atoms with Crippen molar-refractivity contribution < 1.29 is 5.11 Å². The third kappa shape index (κ3) is 1.92. The van der Waals surface area contributed by atoms with Crippen molar-refractivity contribution in [2.75, 3.05) is 11.5 Å². The van der Waals surface area contributed by atoms with Gasteiger partial charge in [0.1, 0.15) is 0 Å². The summed E-state index contributed by atoms with van der Waals surface area (Å²) < 4.78 is 0. The van der Waals surface area contributed by atoms with E-state index in [1.54, 1.807) is 24.3 Å². The van der Waals surface area contributed by atoms with E-state index in [0.717, 1.165) is 11.8 Å². The van der Waals surface area contributed by atoms with Crippen molar-refractivity contribution >= 4 is 11.4 Å². The Bertz CT molecular complexity index is 295. The van der Waals surface area contributed by atoms with Crippen LogP contribution in [0.2, 0.25) is 0 Å². The fraction of sp³-hybridized carbons (Fsp3) is 0.111. The van der Waals surface area contributed by atoms with E-state index in [-0.39, 0.29) is 0 Å². The normalized spacial score (nSPS) is 10.7. The van der Waals surface area contributed by atoms with Gasteiger partial charge in [0.05, 0.1) is 6.26 Å². The van der Waals surface area contributed by atoms with Gasteiger partial charge in [0.25, 0.3) is 0 Å². The van der Waals surface area contributed by atoms with Crippen LogP contribution in [-0.2, 0) is 6.42 Å². The molecule has 0 bridgehead atoms. The number of aliphatic hydroxyl groups is 1. The summed E-state index contributed by atoms with van der Waals surface area (Å²) in [5.74, 6) is 0. The molecule has 12 heavy (non-hydrogen) atoms. The molecule has 3 heteroatoms. The fourth-order valence-corrected chi connectivity index (χ4v) is 0.982. The highest BCUT2D eigenvalue weighted by atomic mass is 16.2. The number of nitrogen functional groups attached to an aromatic ring is 2. The van der Waals surface area contributed by atoms with E-state index in [1.807, 2.05) is 0 Å². The first-order valence-corrected chi connectivity index (χ1v) is 3.67. The zero-order valence-corrected chi connectivity index (χ0v) is 6.70. The van der Waals surface area contributed by atoms with Crippen molar-refractivity contribution in [3.63, 3.8) is 0 Å². The van der Waals surface area contributed by atoms with Gasteiger partial charge in [-0.15, -0.1) is 0 Å². The molecular formula is C9H12N2O. The van der Waals surface area contributed by atoms with Crippen LogP contribution in [0.15, 0.2) is 30.5 Å². The maximum atomic E-state index is 8.44. The van der Waals surface area contributed by atoms with Gasteiger partial charge in [-0.1, -0.05) is 0 Å². The molecule has 3 nitrogen and oxygen atoms in total. The summed E-state index contributed by atoms with van der Waals surface area (Å²) in [5, 5.41) is 8.44. The number of aliphatic hydroxyl groups excluding tert-OH is 1. The first-order chi connectivity index (χ1) is 5.74. The molecule has 1 rings (SSSR count). The lowest BCUT2D eigenvalue weighted by Crippen LogP contribution is -1.95. The second kappa shape index (κ2) is 3.67. The van der Waals surface area contributed by atoms with Crippen molar-refractivity contribution in [3.8, 4) is 0 Å². The SMILES string of the molecule is Nc1ccc(N)c(CC=CO)c1. The summed E-state index contributed by atoms with van der Waals surface area (Å²) >= 11 is 0. The fourth-order valence-electron chi connectivity index (χ4n) is 0.982. The summed E-state index contributed by atoms with van der Waals surface area (Å²) in [5.41, 5.74) is 13.5. The maximum absolute atomic E-state index is 8.44. The smallest absolute Gasteiger partial charge is 0.0755 e. The van der Waals surface area contributed by atoms with Gasteiger partial charge in [0.2, 0.25) is 0 Å². The number of benzene rings is 1. The monoisotopic (exact) mass is 164 g/mol. The Hall–Kier alpha value is -1.64. The van der Waals surface area contributed by atoms with Crippen LogP contribution >= 0.6 is 0 Å². The maximum Gasteiger partial charge on any atom is 0.0755 e. The first-order valence-electron chi connectivity index (χ1n) is 3.67. The highest BCUT2D eigenvalue weighted by Gasteiger charge is 1.96. The molecule has 0 spiro atoms. The summed E-state index contributed by atoms with van der Waals surface area (Å²) in [4.78, 5) is 0. The molecule has 1 aromatic carbocycles. The molecule has 1 aromatic rings. The molecule has 64 valence electrons.